The summed E-state index contributed by atoms with van der Waals surface area (Å²) in [7, 11) is 0. The first-order valence-electron chi connectivity index (χ1n) is 6.17. The quantitative estimate of drug-likeness (QED) is 0.851. The number of rotatable bonds is 3. The summed E-state index contributed by atoms with van der Waals surface area (Å²) in [6, 6.07) is 6.32. The molecule has 0 saturated heterocycles. The first-order chi connectivity index (χ1) is 8.66. The van der Waals surface area contributed by atoms with E-state index in [1.54, 1.807) is 12.1 Å². The highest BCUT2D eigenvalue weighted by atomic mass is 32.2. The van der Waals surface area contributed by atoms with Crippen molar-refractivity contribution in [2.75, 3.05) is 0 Å². The van der Waals surface area contributed by atoms with Crippen LogP contribution in [-0.2, 0) is 11.1 Å². The summed E-state index contributed by atoms with van der Waals surface area (Å²) in [4.78, 5) is 12.1. The van der Waals surface area contributed by atoms with Crippen molar-refractivity contribution in [3.8, 4) is 0 Å². The number of carbonyl (C=O) groups excluding carboxylic acids is 1. The Kier molecular flexibility index (Phi) is 4.49. The molecule has 1 aliphatic rings. The molecule has 1 aromatic carbocycles. The number of benzene rings is 1. The summed E-state index contributed by atoms with van der Waals surface area (Å²) in [6.07, 6.45) is 5.56. The minimum atomic E-state index is -2.29. The third-order valence-electron chi connectivity index (χ3n) is 3.23. The average molecular weight is 266 g/mol. The van der Waals surface area contributed by atoms with Crippen molar-refractivity contribution in [1.82, 2.24) is 5.32 Å². The molecule has 0 bridgehead atoms. The molecule has 1 saturated carbocycles. The van der Waals surface area contributed by atoms with Gasteiger partial charge in [-0.15, -0.1) is 0 Å². The van der Waals surface area contributed by atoms with Crippen LogP contribution in [0.2, 0.25) is 0 Å². The maximum atomic E-state index is 12.0. The summed E-state index contributed by atoms with van der Waals surface area (Å²) < 4.78 is 21.7. The highest BCUT2D eigenvalue weighted by molar-refractivity contribution is 7.79. The van der Waals surface area contributed by atoms with Gasteiger partial charge in [0, 0.05) is 16.5 Å². The van der Waals surface area contributed by atoms with Crippen molar-refractivity contribution in [2.45, 2.75) is 43.0 Å². The monoisotopic (exact) mass is 266 g/mol. The predicted molar refractivity (Wildman–Crippen MR) is 68.0 cm³/mol. The summed E-state index contributed by atoms with van der Waals surface area (Å²) in [5.74, 6) is -0.186. The number of hydrogen-bond acceptors (Lipinski definition) is 3. The Bertz CT molecular complexity index is 455. The van der Waals surface area contributed by atoms with Crippen LogP contribution in [0.25, 0.3) is 0 Å². The Balaban J connectivity index is 2.03. The topological polar surface area (TPSA) is 69.2 Å². The normalized spacial score (nSPS) is 18.3. The van der Waals surface area contributed by atoms with Crippen LogP contribution in [0, 0.1) is 0 Å². The number of carbonyl (C=O) groups is 1. The third kappa shape index (κ3) is 3.40. The van der Waals surface area contributed by atoms with E-state index in [2.05, 4.69) is 5.32 Å². The van der Waals surface area contributed by atoms with E-state index in [0.29, 0.717) is 5.56 Å². The second-order valence-corrected chi connectivity index (χ2v) is 5.51. The molecule has 1 amide bonds. The standard InChI is InChI=1S/C13H17NO3S/c15-13(14-11-6-2-1-3-7-11)10-5-4-8-12(9-10)18(16)17/h4-5,8-9,11H,1-3,6-7H2,(H,14,15)(H,16,17)/p-1. The molecule has 0 radical (unpaired) electrons. The molecular formula is C13H16NO3S-. The van der Waals surface area contributed by atoms with Crippen LogP contribution >= 0.6 is 0 Å². The van der Waals surface area contributed by atoms with Crippen LogP contribution in [0.3, 0.4) is 0 Å². The maximum Gasteiger partial charge on any atom is 0.251 e. The smallest absolute Gasteiger partial charge is 0.251 e. The zero-order valence-electron chi connectivity index (χ0n) is 10.1. The van der Waals surface area contributed by atoms with E-state index < -0.39 is 11.1 Å². The fraction of sp³-hybridized carbons (Fsp3) is 0.462. The molecule has 0 heterocycles. The van der Waals surface area contributed by atoms with Crippen molar-refractivity contribution in [1.29, 1.82) is 0 Å². The lowest BCUT2D eigenvalue weighted by atomic mass is 9.95. The Morgan fingerprint density at radius 3 is 2.67 bits per heavy atom. The lowest BCUT2D eigenvalue weighted by Crippen LogP contribution is -2.36. The van der Waals surface area contributed by atoms with E-state index in [9.17, 15) is 13.6 Å². The summed E-state index contributed by atoms with van der Waals surface area (Å²) >= 11 is -2.29. The van der Waals surface area contributed by atoms with Crippen molar-refractivity contribution in [2.24, 2.45) is 0 Å². The van der Waals surface area contributed by atoms with E-state index in [-0.39, 0.29) is 16.8 Å². The molecule has 1 atom stereocenters. The summed E-state index contributed by atoms with van der Waals surface area (Å²) in [5.41, 5.74) is 0.405. The lowest BCUT2D eigenvalue weighted by Gasteiger charge is -2.22. The van der Waals surface area contributed by atoms with Gasteiger partial charge in [-0.2, -0.15) is 0 Å². The largest absolute Gasteiger partial charge is 0.768 e. The van der Waals surface area contributed by atoms with Crippen LogP contribution < -0.4 is 5.32 Å². The van der Waals surface area contributed by atoms with Gasteiger partial charge in [-0.25, -0.2) is 0 Å². The van der Waals surface area contributed by atoms with Gasteiger partial charge in [0.05, 0.1) is 0 Å². The molecule has 98 valence electrons. The van der Waals surface area contributed by atoms with Gasteiger partial charge in [-0.3, -0.25) is 9.00 Å². The van der Waals surface area contributed by atoms with Gasteiger partial charge in [0.2, 0.25) is 0 Å². The molecule has 1 unspecified atom stereocenters. The second-order valence-electron chi connectivity index (χ2n) is 4.57. The van der Waals surface area contributed by atoms with Gasteiger partial charge in [-0.1, -0.05) is 25.3 Å². The molecular weight excluding hydrogens is 250 g/mol. The van der Waals surface area contributed by atoms with E-state index in [0.717, 1.165) is 25.7 Å². The van der Waals surface area contributed by atoms with Crippen molar-refractivity contribution < 1.29 is 13.6 Å². The summed E-state index contributed by atoms with van der Waals surface area (Å²) in [6.45, 7) is 0. The fourth-order valence-corrected chi connectivity index (χ4v) is 2.67. The number of nitrogens with one attached hydrogen (secondary N) is 1. The molecule has 5 heteroatoms. The first-order valence-corrected chi connectivity index (χ1v) is 7.24. The Morgan fingerprint density at radius 1 is 1.28 bits per heavy atom. The molecule has 1 aromatic rings. The Hall–Kier alpha value is -1.20. The highest BCUT2D eigenvalue weighted by Crippen LogP contribution is 2.18. The van der Waals surface area contributed by atoms with E-state index in [1.807, 2.05) is 0 Å². The zero-order chi connectivity index (χ0) is 13.0. The van der Waals surface area contributed by atoms with Gasteiger partial charge in [0.15, 0.2) is 0 Å². The minimum absolute atomic E-state index is 0.145. The SMILES string of the molecule is O=C(NC1CCCCC1)c1cccc(S(=O)[O-])c1. The lowest BCUT2D eigenvalue weighted by molar-refractivity contribution is 0.0927. The van der Waals surface area contributed by atoms with Crippen LogP contribution in [0.4, 0.5) is 0 Å². The molecule has 0 spiro atoms. The van der Waals surface area contributed by atoms with Crippen molar-refractivity contribution in [3.05, 3.63) is 29.8 Å². The molecule has 0 aromatic heterocycles. The zero-order valence-corrected chi connectivity index (χ0v) is 10.9. The van der Waals surface area contributed by atoms with Crippen LogP contribution in [0.5, 0.6) is 0 Å². The molecule has 1 fully saturated rings. The molecule has 0 aliphatic heterocycles. The van der Waals surface area contributed by atoms with Gasteiger partial charge in [0.25, 0.3) is 5.91 Å². The highest BCUT2D eigenvalue weighted by Gasteiger charge is 2.16. The van der Waals surface area contributed by atoms with Gasteiger partial charge in [0.1, 0.15) is 0 Å². The van der Waals surface area contributed by atoms with Crippen LogP contribution in [-0.4, -0.2) is 20.7 Å². The molecule has 1 N–H and O–H groups in total. The van der Waals surface area contributed by atoms with E-state index in [1.165, 1.54) is 18.6 Å². The first kappa shape index (κ1) is 13.2. The average Bonchev–Trinajstić information content (AvgIpc) is 2.40. The van der Waals surface area contributed by atoms with Gasteiger partial charge in [-0.05, 0) is 42.1 Å². The fourth-order valence-electron chi connectivity index (χ4n) is 2.26. The molecule has 2 rings (SSSR count). The number of hydrogen-bond donors (Lipinski definition) is 1. The van der Waals surface area contributed by atoms with E-state index in [4.69, 9.17) is 0 Å². The Labute approximate surface area is 109 Å². The third-order valence-corrected chi connectivity index (χ3v) is 3.87. The van der Waals surface area contributed by atoms with Crippen molar-refractivity contribution in [3.63, 3.8) is 0 Å². The second kappa shape index (κ2) is 6.11. The van der Waals surface area contributed by atoms with Gasteiger partial charge < -0.3 is 9.87 Å². The predicted octanol–water partition coefficient (Wildman–Crippen LogP) is 1.99. The molecule has 1 aliphatic carbocycles. The minimum Gasteiger partial charge on any atom is -0.768 e. The van der Waals surface area contributed by atoms with Crippen LogP contribution in [0.1, 0.15) is 42.5 Å². The Morgan fingerprint density at radius 2 is 2.00 bits per heavy atom. The van der Waals surface area contributed by atoms with Crippen molar-refractivity contribution >= 4 is 17.0 Å². The van der Waals surface area contributed by atoms with Crippen LogP contribution in [0.15, 0.2) is 29.2 Å². The molecule has 18 heavy (non-hydrogen) atoms. The maximum absolute atomic E-state index is 12.0. The van der Waals surface area contributed by atoms with Gasteiger partial charge >= 0.3 is 0 Å². The number of amides is 1. The molecule has 4 nitrogen and oxygen atoms in total. The van der Waals surface area contributed by atoms with E-state index >= 15 is 0 Å². The summed E-state index contributed by atoms with van der Waals surface area (Å²) in [5, 5.41) is 2.96.